The summed E-state index contributed by atoms with van der Waals surface area (Å²) in [6.45, 7) is 4.91. The van der Waals surface area contributed by atoms with Gasteiger partial charge in [-0.05, 0) is 36.3 Å². The van der Waals surface area contributed by atoms with E-state index in [0.29, 0.717) is 23.9 Å². The number of nitrogen functional groups attached to an aromatic ring is 1. The summed E-state index contributed by atoms with van der Waals surface area (Å²) in [5, 5.41) is 0. The number of nitrogens with one attached hydrogen (secondary N) is 1. The molecule has 1 aliphatic carbocycles. The third kappa shape index (κ3) is 4.35. The molecule has 0 radical (unpaired) electrons. The SMILES string of the molecule is CC(C)C1(CNS(=O)(=O)CCOc2ccccc2N)CC1. The number of ether oxygens (including phenoxy) is 1. The summed E-state index contributed by atoms with van der Waals surface area (Å²) in [6, 6.07) is 7.06. The number of anilines is 1. The molecule has 1 aliphatic rings. The minimum absolute atomic E-state index is 0.0600. The van der Waals surface area contributed by atoms with Crippen molar-refractivity contribution < 1.29 is 13.2 Å². The Kier molecular flexibility index (Phi) is 4.78. The lowest BCUT2D eigenvalue weighted by atomic mass is 9.93. The molecule has 1 fully saturated rings. The Hall–Kier alpha value is -1.27. The van der Waals surface area contributed by atoms with E-state index in [1.165, 1.54) is 0 Å². The number of sulfonamides is 1. The quantitative estimate of drug-likeness (QED) is 0.719. The molecule has 3 N–H and O–H groups in total. The molecule has 6 heteroatoms. The zero-order valence-corrected chi connectivity index (χ0v) is 13.4. The Bertz CT molecular complexity index is 580. The van der Waals surface area contributed by atoms with E-state index in [9.17, 15) is 8.42 Å². The molecule has 21 heavy (non-hydrogen) atoms. The molecule has 0 atom stereocenters. The third-order valence-electron chi connectivity index (χ3n) is 4.29. The molecule has 0 saturated heterocycles. The van der Waals surface area contributed by atoms with Crippen LogP contribution >= 0.6 is 0 Å². The standard InChI is InChI=1S/C15H24N2O3S/c1-12(2)15(7-8-15)11-17-21(18,19)10-9-20-14-6-4-3-5-13(14)16/h3-6,12,17H,7-11,16H2,1-2H3. The number of hydrogen-bond acceptors (Lipinski definition) is 4. The van der Waals surface area contributed by atoms with Crippen molar-refractivity contribution in [2.45, 2.75) is 26.7 Å². The number of benzene rings is 1. The van der Waals surface area contributed by atoms with Gasteiger partial charge in [0.1, 0.15) is 12.4 Å². The average molecular weight is 312 g/mol. The van der Waals surface area contributed by atoms with Crippen molar-refractivity contribution >= 4 is 15.7 Å². The molecule has 1 aromatic rings. The Morgan fingerprint density at radius 3 is 2.57 bits per heavy atom. The second-order valence-electron chi connectivity index (χ2n) is 6.04. The fourth-order valence-corrected chi connectivity index (χ4v) is 3.27. The van der Waals surface area contributed by atoms with Crippen LogP contribution in [-0.4, -0.2) is 27.3 Å². The van der Waals surface area contributed by atoms with Gasteiger partial charge in [0.05, 0.1) is 11.4 Å². The van der Waals surface area contributed by atoms with E-state index in [1.807, 2.05) is 6.07 Å². The van der Waals surface area contributed by atoms with E-state index in [4.69, 9.17) is 10.5 Å². The molecule has 5 nitrogen and oxygen atoms in total. The van der Waals surface area contributed by atoms with Gasteiger partial charge in [0.2, 0.25) is 10.0 Å². The zero-order chi connectivity index (χ0) is 15.5. The smallest absolute Gasteiger partial charge is 0.214 e. The van der Waals surface area contributed by atoms with Crippen LogP contribution < -0.4 is 15.2 Å². The lowest BCUT2D eigenvalue weighted by Gasteiger charge is -2.20. The summed E-state index contributed by atoms with van der Waals surface area (Å²) >= 11 is 0. The summed E-state index contributed by atoms with van der Waals surface area (Å²) in [6.07, 6.45) is 2.20. The summed E-state index contributed by atoms with van der Waals surface area (Å²) in [7, 11) is -3.31. The highest BCUT2D eigenvalue weighted by Crippen LogP contribution is 2.51. The van der Waals surface area contributed by atoms with Crippen molar-refractivity contribution in [3.05, 3.63) is 24.3 Å². The highest BCUT2D eigenvalue weighted by atomic mass is 32.2. The Balaban J connectivity index is 1.78. The zero-order valence-electron chi connectivity index (χ0n) is 12.6. The number of para-hydroxylation sites is 2. The van der Waals surface area contributed by atoms with Crippen LogP contribution in [0.25, 0.3) is 0 Å². The minimum atomic E-state index is -3.31. The van der Waals surface area contributed by atoms with E-state index in [1.54, 1.807) is 18.2 Å². The van der Waals surface area contributed by atoms with Crippen molar-refractivity contribution in [2.24, 2.45) is 11.3 Å². The molecular weight excluding hydrogens is 288 g/mol. The molecule has 0 spiro atoms. The summed E-state index contributed by atoms with van der Waals surface area (Å²) < 4.78 is 32.1. The monoisotopic (exact) mass is 312 g/mol. The van der Waals surface area contributed by atoms with Gasteiger partial charge in [-0.25, -0.2) is 13.1 Å². The number of hydrogen-bond donors (Lipinski definition) is 2. The molecule has 1 aromatic carbocycles. The van der Waals surface area contributed by atoms with Crippen LogP contribution in [0.5, 0.6) is 5.75 Å². The second-order valence-corrected chi connectivity index (χ2v) is 7.97. The predicted octanol–water partition coefficient (Wildman–Crippen LogP) is 2.00. The first kappa shape index (κ1) is 16.1. The van der Waals surface area contributed by atoms with E-state index < -0.39 is 10.0 Å². The maximum absolute atomic E-state index is 12.0. The van der Waals surface area contributed by atoms with Gasteiger partial charge in [-0.3, -0.25) is 0 Å². The van der Waals surface area contributed by atoms with E-state index in [2.05, 4.69) is 18.6 Å². The molecule has 0 unspecified atom stereocenters. The maximum Gasteiger partial charge on any atom is 0.214 e. The van der Waals surface area contributed by atoms with Crippen LogP contribution in [-0.2, 0) is 10.0 Å². The third-order valence-corrected chi connectivity index (χ3v) is 5.58. The van der Waals surface area contributed by atoms with Crippen LogP contribution in [0, 0.1) is 11.3 Å². The van der Waals surface area contributed by atoms with Crippen molar-refractivity contribution in [1.82, 2.24) is 4.72 Å². The Morgan fingerprint density at radius 2 is 2.00 bits per heavy atom. The first-order valence-electron chi connectivity index (χ1n) is 7.29. The summed E-state index contributed by atoms with van der Waals surface area (Å²) in [4.78, 5) is 0. The largest absolute Gasteiger partial charge is 0.490 e. The van der Waals surface area contributed by atoms with Gasteiger partial charge < -0.3 is 10.5 Å². The minimum Gasteiger partial charge on any atom is -0.490 e. The van der Waals surface area contributed by atoms with Crippen molar-refractivity contribution in [2.75, 3.05) is 24.6 Å². The van der Waals surface area contributed by atoms with Gasteiger partial charge in [-0.2, -0.15) is 0 Å². The molecular formula is C15H24N2O3S. The van der Waals surface area contributed by atoms with Crippen molar-refractivity contribution in [3.63, 3.8) is 0 Å². The van der Waals surface area contributed by atoms with Crippen LogP contribution in [0.1, 0.15) is 26.7 Å². The van der Waals surface area contributed by atoms with E-state index >= 15 is 0 Å². The maximum atomic E-state index is 12.0. The molecule has 0 aromatic heterocycles. The van der Waals surface area contributed by atoms with Crippen molar-refractivity contribution in [1.29, 1.82) is 0 Å². The van der Waals surface area contributed by atoms with Gasteiger partial charge in [-0.1, -0.05) is 26.0 Å². The second kappa shape index (κ2) is 6.23. The molecule has 0 aliphatic heterocycles. The van der Waals surface area contributed by atoms with Crippen LogP contribution in [0.4, 0.5) is 5.69 Å². The summed E-state index contributed by atoms with van der Waals surface area (Å²) in [5.41, 5.74) is 6.42. The summed E-state index contributed by atoms with van der Waals surface area (Å²) in [5.74, 6) is 0.962. The first-order valence-corrected chi connectivity index (χ1v) is 8.94. The molecule has 1 saturated carbocycles. The van der Waals surface area contributed by atoms with Crippen LogP contribution in [0.3, 0.4) is 0 Å². The van der Waals surface area contributed by atoms with Gasteiger partial charge in [0, 0.05) is 6.54 Å². The predicted molar refractivity (Wildman–Crippen MR) is 84.6 cm³/mol. The Labute approximate surface area is 126 Å². The molecule has 0 bridgehead atoms. The Morgan fingerprint density at radius 1 is 1.33 bits per heavy atom. The van der Waals surface area contributed by atoms with Gasteiger partial charge in [0.15, 0.2) is 0 Å². The molecule has 118 valence electrons. The fraction of sp³-hybridized carbons (Fsp3) is 0.600. The van der Waals surface area contributed by atoms with Crippen LogP contribution in [0.2, 0.25) is 0 Å². The lowest BCUT2D eigenvalue weighted by Crippen LogP contribution is -2.35. The number of nitrogens with two attached hydrogens (primary N) is 1. The normalized spacial score (nSPS) is 16.9. The average Bonchev–Trinajstić information content (AvgIpc) is 3.20. The molecule has 2 rings (SSSR count). The topological polar surface area (TPSA) is 81.4 Å². The first-order chi connectivity index (χ1) is 9.85. The van der Waals surface area contributed by atoms with Crippen molar-refractivity contribution in [3.8, 4) is 5.75 Å². The lowest BCUT2D eigenvalue weighted by molar-refractivity contribution is 0.338. The molecule has 0 heterocycles. The highest BCUT2D eigenvalue weighted by molar-refractivity contribution is 7.89. The van der Waals surface area contributed by atoms with Gasteiger partial charge in [-0.15, -0.1) is 0 Å². The van der Waals surface area contributed by atoms with E-state index in [0.717, 1.165) is 12.8 Å². The van der Waals surface area contributed by atoms with Gasteiger partial charge >= 0.3 is 0 Å². The van der Waals surface area contributed by atoms with E-state index in [-0.39, 0.29) is 17.8 Å². The number of rotatable bonds is 8. The highest BCUT2D eigenvalue weighted by Gasteiger charge is 2.45. The van der Waals surface area contributed by atoms with Gasteiger partial charge in [0.25, 0.3) is 0 Å². The fourth-order valence-electron chi connectivity index (χ4n) is 2.32. The molecule has 0 amide bonds. The van der Waals surface area contributed by atoms with Crippen LogP contribution in [0.15, 0.2) is 24.3 Å².